The van der Waals surface area contributed by atoms with Crippen molar-refractivity contribution in [2.45, 2.75) is 65.0 Å². The number of hydrogen-bond donors (Lipinski definition) is 5. The number of hydrazone groups is 1. The van der Waals surface area contributed by atoms with Gasteiger partial charge in [-0.1, -0.05) is 67.8 Å². The third kappa shape index (κ3) is 10.1. The molecule has 0 radical (unpaired) electrons. The van der Waals surface area contributed by atoms with Crippen molar-refractivity contribution in [1.29, 1.82) is 0 Å². The zero-order chi connectivity index (χ0) is 28.7. The summed E-state index contributed by atoms with van der Waals surface area (Å²) in [5, 5.41) is 10.0. The van der Waals surface area contributed by atoms with Crippen LogP contribution in [0.3, 0.4) is 0 Å². The van der Waals surface area contributed by atoms with E-state index in [1.165, 1.54) is 44.4 Å². The maximum absolute atomic E-state index is 12.2. The van der Waals surface area contributed by atoms with Crippen molar-refractivity contribution in [2.75, 3.05) is 0 Å². The first-order valence-corrected chi connectivity index (χ1v) is 13.9. The Hall–Kier alpha value is -4.33. The van der Waals surface area contributed by atoms with Gasteiger partial charge in [-0.25, -0.2) is 0 Å². The summed E-state index contributed by atoms with van der Waals surface area (Å²) >= 11 is 0. The first kappa shape index (κ1) is 30.2. The van der Waals surface area contributed by atoms with Crippen molar-refractivity contribution in [3.05, 3.63) is 107 Å². The van der Waals surface area contributed by atoms with Crippen molar-refractivity contribution in [3.63, 3.8) is 0 Å². The van der Waals surface area contributed by atoms with Crippen LogP contribution in [0.15, 0.2) is 90.0 Å². The van der Waals surface area contributed by atoms with E-state index in [1.54, 1.807) is 6.08 Å². The van der Waals surface area contributed by atoms with Crippen LogP contribution in [0.25, 0.3) is 0 Å². The van der Waals surface area contributed by atoms with E-state index in [9.17, 15) is 9.59 Å². The zero-order valence-corrected chi connectivity index (χ0v) is 23.5. The van der Waals surface area contributed by atoms with Gasteiger partial charge >= 0.3 is 0 Å². The van der Waals surface area contributed by atoms with Crippen molar-refractivity contribution in [2.24, 2.45) is 22.5 Å². The van der Waals surface area contributed by atoms with E-state index in [-0.39, 0.29) is 23.8 Å². The first-order chi connectivity index (χ1) is 19.4. The Balaban J connectivity index is 0.000000232. The van der Waals surface area contributed by atoms with E-state index in [0.29, 0.717) is 18.8 Å². The fourth-order valence-corrected chi connectivity index (χ4v) is 4.72. The van der Waals surface area contributed by atoms with Crippen molar-refractivity contribution in [3.8, 4) is 0 Å². The highest BCUT2D eigenvalue weighted by atomic mass is 16.2. The third-order valence-corrected chi connectivity index (χ3v) is 7.03. The molecule has 1 heterocycles. The molecule has 8 nitrogen and oxygen atoms in total. The summed E-state index contributed by atoms with van der Waals surface area (Å²) < 4.78 is 0. The SMILES string of the molecule is Cc1ccccc1CC(=O)N/C(N)=C/C=C\N.Cc1ccccc1CC(=O)NC1C=CC(C2CCCCC2)=NN1. The number of carbonyl (C=O) groups is 2. The van der Waals surface area contributed by atoms with Gasteiger partial charge in [0.05, 0.1) is 18.6 Å². The lowest BCUT2D eigenvalue weighted by Crippen LogP contribution is -2.44. The number of amides is 2. The van der Waals surface area contributed by atoms with Crippen LogP contribution in [0, 0.1) is 19.8 Å². The van der Waals surface area contributed by atoms with E-state index in [2.05, 4.69) is 27.2 Å². The van der Waals surface area contributed by atoms with E-state index >= 15 is 0 Å². The van der Waals surface area contributed by atoms with Crippen LogP contribution in [-0.2, 0) is 22.4 Å². The molecule has 1 fully saturated rings. The number of benzene rings is 2. The molecule has 7 N–H and O–H groups in total. The second-order valence-electron chi connectivity index (χ2n) is 10.2. The minimum absolute atomic E-state index is 0.0118. The number of nitrogens with two attached hydrogens (primary N) is 2. The molecule has 2 aliphatic rings. The Kier molecular flexibility index (Phi) is 12.0. The largest absolute Gasteiger partial charge is 0.405 e. The molecule has 1 atom stereocenters. The van der Waals surface area contributed by atoms with Crippen LogP contribution in [0.2, 0.25) is 0 Å². The monoisotopic (exact) mass is 542 g/mol. The van der Waals surface area contributed by atoms with Gasteiger partial charge in [-0.15, -0.1) is 0 Å². The van der Waals surface area contributed by atoms with E-state index in [4.69, 9.17) is 11.5 Å². The average Bonchev–Trinajstić information content (AvgIpc) is 2.95. The fraction of sp³-hybridized carbons (Fsp3) is 0.344. The number of nitrogens with one attached hydrogen (secondary N) is 3. The van der Waals surface area contributed by atoms with Crippen molar-refractivity contribution in [1.82, 2.24) is 16.1 Å². The molecule has 1 aliphatic carbocycles. The lowest BCUT2D eigenvalue weighted by Gasteiger charge is -2.25. The highest BCUT2D eigenvalue weighted by molar-refractivity contribution is 5.97. The number of hydrogen-bond acceptors (Lipinski definition) is 6. The maximum atomic E-state index is 12.2. The predicted octanol–water partition coefficient (Wildman–Crippen LogP) is 4.00. The van der Waals surface area contributed by atoms with Gasteiger partial charge in [0.1, 0.15) is 12.0 Å². The summed E-state index contributed by atoms with van der Waals surface area (Å²) in [6.45, 7) is 4.00. The second kappa shape index (κ2) is 15.9. The average molecular weight is 543 g/mol. The van der Waals surface area contributed by atoms with E-state index < -0.39 is 0 Å². The van der Waals surface area contributed by atoms with Crippen LogP contribution in [0.1, 0.15) is 54.4 Å². The Morgan fingerprint density at radius 1 is 0.950 bits per heavy atom. The molecule has 0 aromatic heterocycles. The minimum atomic E-state index is -0.209. The summed E-state index contributed by atoms with van der Waals surface area (Å²) in [6.07, 6.45) is 15.4. The third-order valence-electron chi connectivity index (χ3n) is 7.03. The molecule has 2 aromatic rings. The molecule has 40 heavy (non-hydrogen) atoms. The van der Waals surface area contributed by atoms with Gasteiger partial charge < -0.3 is 22.1 Å². The molecule has 2 amide bonds. The van der Waals surface area contributed by atoms with Crippen LogP contribution < -0.4 is 27.5 Å². The number of rotatable bonds is 8. The smallest absolute Gasteiger partial charge is 0.229 e. The van der Waals surface area contributed by atoms with E-state index in [1.807, 2.05) is 68.5 Å². The van der Waals surface area contributed by atoms with Gasteiger partial charge in [-0.2, -0.15) is 5.10 Å². The minimum Gasteiger partial charge on any atom is -0.405 e. The summed E-state index contributed by atoms with van der Waals surface area (Å²) in [7, 11) is 0. The topological polar surface area (TPSA) is 135 Å². The highest BCUT2D eigenvalue weighted by Gasteiger charge is 2.21. The predicted molar refractivity (Wildman–Crippen MR) is 162 cm³/mol. The molecule has 2 aromatic carbocycles. The highest BCUT2D eigenvalue weighted by Crippen LogP contribution is 2.26. The number of carbonyl (C=O) groups excluding carboxylic acids is 2. The van der Waals surface area contributed by atoms with Crippen LogP contribution in [0.4, 0.5) is 0 Å². The first-order valence-electron chi connectivity index (χ1n) is 13.9. The molecule has 0 spiro atoms. The molecule has 1 aliphatic heterocycles. The van der Waals surface area contributed by atoms with Gasteiger partial charge in [-0.3, -0.25) is 15.0 Å². The van der Waals surface area contributed by atoms with Gasteiger partial charge in [0, 0.05) is 5.92 Å². The fourth-order valence-electron chi connectivity index (χ4n) is 4.72. The lowest BCUT2D eigenvalue weighted by molar-refractivity contribution is -0.121. The number of allylic oxidation sites excluding steroid dienone is 3. The van der Waals surface area contributed by atoms with Gasteiger partial charge in [0.15, 0.2) is 0 Å². The van der Waals surface area contributed by atoms with Crippen LogP contribution in [-0.4, -0.2) is 23.7 Å². The molecule has 8 heteroatoms. The normalized spacial score (nSPS) is 17.3. The molecule has 1 saturated carbocycles. The molecule has 212 valence electrons. The molecule has 1 unspecified atom stereocenters. The Bertz CT molecular complexity index is 1260. The lowest BCUT2D eigenvalue weighted by atomic mass is 9.85. The zero-order valence-electron chi connectivity index (χ0n) is 23.5. The van der Waals surface area contributed by atoms with Crippen LogP contribution in [0.5, 0.6) is 0 Å². The van der Waals surface area contributed by atoms with Gasteiger partial charge in [-0.05, 0) is 79.4 Å². The molecule has 0 bridgehead atoms. The Morgan fingerprint density at radius 3 is 2.10 bits per heavy atom. The number of nitrogens with zero attached hydrogens (tertiary/aromatic N) is 1. The van der Waals surface area contributed by atoms with Crippen molar-refractivity contribution < 1.29 is 9.59 Å². The standard InChI is InChI=1S/C19H25N3O.C13H17N3O/c1-14-7-5-6-10-16(14)13-19(23)20-18-12-11-17(21-22-18)15-8-3-2-4-9-15;1-10-5-2-3-6-11(10)9-13(17)16-12(15)7-4-8-14/h5-7,10-12,15,18,22H,2-4,8-9,13H2,1H3,(H,20,23);2-8H,9,14-15H2,1H3,(H,16,17)/b;8-4-,12-7+. The molecular formula is C32H42N6O2. The Morgan fingerprint density at radius 2 is 1.55 bits per heavy atom. The quantitative estimate of drug-likeness (QED) is 0.322. The van der Waals surface area contributed by atoms with Crippen LogP contribution >= 0.6 is 0 Å². The molecule has 0 saturated heterocycles. The van der Waals surface area contributed by atoms with E-state index in [0.717, 1.165) is 28.0 Å². The Labute approximate surface area is 237 Å². The summed E-state index contributed by atoms with van der Waals surface area (Å²) in [4.78, 5) is 23.8. The summed E-state index contributed by atoms with van der Waals surface area (Å²) in [6, 6.07) is 15.7. The second-order valence-corrected chi connectivity index (χ2v) is 10.2. The van der Waals surface area contributed by atoms with Gasteiger partial charge in [0.25, 0.3) is 0 Å². The summed E-state index contributed by atoms with van der Waals surface area (Å²) in [5.74, 6) is 0.734. The maximum Gasteiger partial charge on any atom is 0.229 e. The molecule has 4 rings (SSSR count). The molecular weight excluding hydrogens is 500 g/mol. The summed E-state index contributed by atoms with van der Waals surface area (Å²) in [5.41, 5.74) is 19.2. The van der Waals surface area contributed by atoms with Gasteiger partial charge in [0.2, 0.25) is 11.8 Å². The van der Waals surface area contributed by atoms with Crippen molar-refractivity contribution >= 4 is 17.5 Å². The number of aryl methyl sites for hydroxylation is 2.